The fourth-order valence-corrected chi connectivity index (χ4v) is 1.45. The molecule has 1 heterocycles. The molecule has 0 unspecified atom stereocenters. The summed E-state index contributed by atoms with van der Waals surface area (Å²) >= 11 is 0. The van der Waals surface area contributed by atoms with Gasteiger partial charge in [0.05, 0.1) is 0 Å². The highest BCUT2D eigenvalue weighted by molar-refractivity contribution is 5.93. The minimum absolute atomic E-state index is 0.272. The maximum atomic E-state index is 12.5. The van der Waals surface area contributed by atoms with Crippen LogP contribution in [0, 0.1) is 0 Å². The second-order valence-electron chi connectivity index (χ2n) is 3.87. The number of carboxylic acid groups (broad SMARTS) is 1. The maximum absolute atomic E-state index is 12.5. The molecule has 1 aromatic rings. The predicted molar refractivity (Wildman–Crippen MR) is 65.8 cm³/mol. The summed E-state index contributed by atoms with van der Waals surface area (Å²) in [5, 5.41) is 11.5. The summed E-state index contributed by atoms with van der Waals surface area (Å²) in [6, 6.07) is 1.54. The van der Waals surface area contributed by atoms with E-state index >= 15 is 0 Å². The SMILES string of the molecule is CCOCCCNc1nc(C(F)(F)F)ccc1C(=O)O. The van der Waals surface area contributed by atoms with E-state index in [9.17, 15) is 18.0 Å². The average molecular weight is 292 g/mol. The van der Waals surface area contributed by atoms with Crippen molar-refractivity contribution in [3.63, 3.8) is 0 Å². The molecule has 1 rings (SSSR count). The molecule has 0 aliphatic heterocycles. The molecule has 0 aromatic carbocycles. The molecule has 20 heavy (non-hydrogen) atoms. The van der Waals surface area contributed by atoms with Gasteiger partial charge in [-0.15, -0.1) is 0 Å². The Labute approximate surface area is 113 Å². The molecule has 8 heteroatoms. The van der Waals surface area contributed by atoms with Crippen LogP contribution < -0.4 is 5.32 Å². The third-order valence-electron chi connectivity index (χ3n) is 2.38. The first-order chi connectivity index (χ1) is 9.36. The molecule has 5 nitrogen and oxygen atoms in total. The van der Waals surface area contributed by atoms with Crippen molar-refractivity contribution in [2.24, 2.45) is 0 Å². The van der Waals surface area contributed by atoms with Gasteiger partial charge in [-0.2, -0.15) is 13.2 Å². The Morgan fingerprint density at radius 2 is 2.15 bits per heavy atom. The van der Waals surface area contributed by atoms with Gasteiger partial charge in [-0.1, -0.05) is 0 Å². The summed E-state index contributed by atoms with van der Waals surface area (Å²) in [7, 11) is 0. The highest BCUT2D eigenvalue weighted by Gasteiger charge is 2.33. The predicted octanol–water partition coefficient (Wildman–Crippen LogP) is 2.64. The molecule has 0 spiro atoms. The summed E-state index contributed by atoms with van der Waals surface area (Å²) in [6.07, 6.45) is -4.08. The molecule has 0 bridgehead atoms. The van der Waals surface area contributed by atoms with Crippen LogP contribution in [0.5, 0.6) is 0 Å². The molecule has 112 valence electrons. The van der Waals surface area contributed by atoms with Crippen molar-refractivity contribution in [2.75, 3.05) is 25.1 Å². The molecule has 0 aliphatic carbocycles. The summed E-state index contributed by atoms with van der Waals surface area (Å²) in [6.45, 7) is 3.08. The van der Waals surface area contributed by atoms with Gasteiger partial charge in [-0.3, -0.25) is 0 Å². The number of hydrogen-bond acceptors (Lipinski definition) is 4. The van der Waals surface area contributed by atoms with E-state index < -0.39 is 17.8 Å². The van der Waals surface area contributed by atoms with E-state index in [-0.39, 0.29) is 17.9 Å². The monoisotopic (exact) mass is 292 g/mol. The number of aromatic carboxylic acids is 1. The van der Waals surface area contributed by atoms with Crippen LogP contribution in [-0.2, 0) is 10.9 Å². The van der Waals surface area contributed by atoms with E-state index in [1.54, 1.807) is 0 Å². The number of carbonyl (C=O) groups is 1. The first kappa shape index (κ1) is 16.2. The Morgan fingerprint density at radius 1 is 1.45 bits per heavy atom. The Morgan fingerprint density at radius 3 is 2.70 bits per heavy atom. The van der Waals surface area contributed by atoms with Crippen molar-refractivity contribution in [1.29, 1.82) is 0 Å². The van der Waals surface area contributed by atoms with Crippen LogP contribution in [0.3, 0.4) is 0 Å². The van der Waals surface area contributed by atoms with Crippen LogP contribution >= 0.6 is 0 Å². The van der Waals surface area contributed by atoms with Gasteiger partial charge in [-0.25, -0.2) is 9.78 Å². The number of halogens is 3. The average Bonchev–Trinajstić information content (AvgIpc) is 2.37. The second kappa shape index (κ2) is 7.09. The van der Waals surface area contributed by atoms with E-state index in [0.717, 1.165) is 6.07 Å². The van der Waals surface area contributed by atoms with Crippen LogP contribution in [0.2, 0.25) is 0 Å². The fraction of sp³-hybridized carbons (Fsp3) is 0.500. The first-order valence-corrected chi connectivity index (χ1v) is 5.99. The van der Waals surface area contributed by atoms with E-state index in [1.807, 2.05) is 6.92 Å². The number of nitrogens with zero attached hydrogens (tertiary/aromatic N) is 1. The molecular formula is C12H15F3N2O3. The van der Waals surface area contributed by atoms with Gasteiger partial charge in [0.2, 0.25) is 0 Å². The topological polar surface area (TPSA) is 71.5 Å². The summed E-state index contributed by atoms with van der Waals surface area (Å²) < 4.78 is 42.7. The van der Waals surface area contributed by atoms with Crippen molar-refractivity contribution in [1.82, 2.24) is 4.98 Å². The molecule has 0 radical (unpaired) electrons. The van der Waals surface area contributed by atoms with Crippen LogP contribution in [0.1, 0.15) is 29.4 Å². The lowest BCUT2D eigenvalue weighted by Gasteiger charge is -2.12. The molecule has 0 amide bonds. The largest absolute Gasteiger partial charge is 0.478 e. The highest BCUT2D eigenvalue weighted by Crippen LogP contribution is 2.29. The van der Waals surface area contributed by atoms with E-state index in [0.29, 0.717) is 25.7 Å². The van der Waals surface area contributed by atoms with Gasteiger partial charge >= 0.3 is 12.1 Å². The summed E-state index contributed by atoms with van der Waals surface area (Å²) in [4.78, 5) is 14.3. The van der Waals surface area contributed by atoms with Crippen LogP contribution in [0.4, 0.5) is 19.0 Å². The standard InChI is InChI=1S/C12H15F3N2O3/c1-2-20-7-3-6-16-10-8(11(18)19)4-5-9(17-10)12(13,14)15/h4-5H,2-3,6-7H2,1H3,(H,16,17)(H,18,19). The Bertz CT molecular complexity index is 464. The third-order valence-corrected chi connectivity index (χ3v) is 2.38. The lowest BCUT2D eigenvalue weighted by Crippen LogP contribution is -2.15. The van der Waals surface area contributed by atoms with Gasteiger partial charge < -0.3 is 15.2 Å². The summed E-state index contributed by atoms with van der Waals surface area (Å²) in [5.74, 6) is -1.62. The zero-order valence-corrected chi connectivity index (χ0v) is 10.8. The number of hydrogen-bond donors (Lipinski definition) is 2. The Hall–Kier alpha value is -1.83. The number of carboxylic acids is 1. The minimum Gasteiger partial charge on any atom is -0.478 e. The van der Waals surface area contributed by atoms with Gasteiger partial charge in [0, 0.05) is 19.8 Å². The van der Waals surface area contributed by atoms with Crippen molar-refractivity contribution in [2.45, 2.75) is 19.5 Å². The maximum Gasteiger partial charge on any atom is 0.433 e. The van der Waals surface area contributed by atoms with Gasteiger partial charge in [-0.05, 0) is 25.5 Å². The number of nitrogens with one attached hydrogen (secondary N) is 1. The normalized spacial score (nSPS) is 11.4. The van der Waals surface area contributed by atoms with Crippen LogP contribution in [-0.4, -0.2) is 35.8 Å². The fourth-order valence-electron chi connectivity index (χ4n) is 1.45. The molecule has 0 saturated heterocycles. The second-order valence-corrected chi connectivity index (χ2v) is 3.87. The molecule has 0 atom stereocenters. The summed E-state index contributed by atoms with van der Waals surface area (Å²) in [5.41, 5.74) is -1.43. The lowest BCUT2D eigenvalue weighted by atomic mass is 10.2. The zero-order valence-electron chi connectivity index (χ0n) is 10.8. The quantitative estimate of drug-likeness (QED) is 0.756. The third kappa shape index (κ3) is 4.69. The lowest BCUT2D eigenvalue weighted by molar-refractivity contribution is -0.141. The van der Waals surface area contributed by atoms with Crippen molar-refractivity contribution in [3.8, 4) is 0 Å². The van der Waals surface area contributed by atoms with Gasteiger partial charge in [0.15, 0.2) is 0 Å². The zero-order chi connectivity index (χ0) is 15.2. The number of ether oxygens (including phenoxy) is 1. The van der Waals surface area contributed by atoms with Crippen molar-refractivity contribution >= 4 is 11.8 Å². The number of anilines is 1. The van der Waals surface area contributed by atoms with E-state index in [2.05, 4.69) is 10.3 Å². The Balaban J connectivity index is 2.81. The number of alkyl halides is 3. The van der Waals surface area contributed by atoms with E-state index in [1.165, 1.54) is 0 Å². The van der Waals surface area contributed by atoms with Crippen molar-refractivity contribution in [3.05, 3.63) is 23.4 Å². The van der Waals surface area contributed by atoms with Crippen LogP contribution in [0.15, 0.2) is 12.1 Å². The van der Waals surface area contributed by atoms with Crippen molar-refractivity contribution < 1.29 is 27.8 Å². The molecule has 0 fully saturated rings. The van der Waals surface area contributed by atoms with Crippen LogP contribution in [0.25, 0.3) is 0 Å². The van der Waals surface area contributed by atoms with Gasteiger partial charge in [0.1, 0.15) is 17.1 Å². The molecule has 2 N–H and O–H groups in total. The molecule has 0 aliphatic rings. The van der Waals surface area contributed by atoms with Gasteiger partial charge in [0.25, 0.3) is 0 Å². The minimum atomic E-state index is -4.61. The highest BCUT2D eigenvalue weighted by atomic mass is 19.4. The Kier molecular flexibility index (Phi) is 5.75. The molecule has 0 saturated carbocycles. The first-order valence-electron chi connectivity index (χ1n) is 5.99. The number of pyridine rings is 1. The number of rotatable bonds is 7. The number of aromatic nitrogens is 1. The van der Waals surface area contributed by atoms with E-state index in [4.69, 9.17) is 9.84 Å². The smallest absolute Gasteiger partial charge is 0.433 e. The molecule has 1 aromatic heterocycles. The molecular weight excluding hydrogens is 277 g/mol.